The summed E-state index contributed by atoms with van der Waals surface area (Å²) in [6, 6.07) is 3.88. The monoisotopic (exact) mass is 582 g/mol. The Hall–Kier alpha value is -3.44. The highest BCUT2D eigenvalue weighted by atomic mass is 35.5. The van der Waals surface area contributed by atoms with Crippen molar-refractivity contribution >= 4 is 41.1 Å². The Bertz CT molecular complexity index is 1330. The minimum Gasteiger partial charge on any atom is -0.444 e. The zero-order valence-electron chi connectivity index (χ0n) is 24.4. The highest BCUT2D eigenvalue weighted by molar-refractivity contribution is 6.33. The topological polar surface area (TPSA) is 121 Å². The molecule has 2 unspecified atom stereocenters. The van der Waals surface area contributed by atoms with Crippen LogP contribution in [-0.4, -0.2) is 67.7 Å². The second-order valence-corrected chi connectivity index (χ2v) is 12.3. The van der Waals surface area contributed by atoms with Gasteiger partial charge < -0.3 is 19.7 Å². The molecule has 2 atom stereocenters. The van der Waals surface area contributed by atoms with Gasteiger partial charge in [0.15, 0.2) is 5.82 Å². The normalized spacial score (nSPS) is 20.1. The van der Waals surface area contributed by atoms with Crippen molar-refractivity contribution in [2.24, 2.45) is 5.92 Å². The van der Waals surface area contributed by atoms with Gasteiger partial charge in [-0.2, -0.15) is 10.1 Å². The number of pyridine rings is 1. The third kappa shape index (κ3) is 7.08. The van der Waals surface area contributed by atoms with Gasteiger partial charge in [-0.25, -0.2) is 14.8 Å². The van der Waals surface area contributed by atoms with E-state index in [0.29, 0.717) is 54.1 Å². The Morgan fingerprint density at radius 3 is 2.61 bits per heavy atom. The van der Waals surface area contributed by atoms with Crippen molar-refractivity contribution in [3.8, 4) is 0 Å². The Kier molecular flexibility index (Phi) is 8.65. The first-order valence-electron chi connectivity index (χ1n) is 14.2. The van der Waals surface area contributed by atoms with Gasteiger partial charge in [-0.1, -0.05) is 18.5 Å². The van der Waals surface area contributed by atoms with Crippen LogP contribution in [-0.2, 0) is 9.47 Å². The van der Waals surface area contributed by atoms with Gasteiger partial charge in [-0.3, -0.25) is 10.00 Å². The molecule has 41 heavy (non-hydrogen) atoms. The second-order valence-electron chi connectivity index (χ2n) is 11.9. The fraction of sp³-hybridized carbons (Fsp3) is 0.552. The molecular formula is C29H39ClN8O3. The number of carbonyl (C=O) groups is 1. The first-order valence-corrected chi connectivity index (χ1v) is 14.6. The molecule has 0 radical (unpaired) electrons. The molecule has 2 aliphatic heterocycles. The summed E-state index contributed by atoms with van der Waals surface area (Å²) in [5, 5.41) is 10.8. The molecule has 3 aromatic heterocycles. The first kappa shape index (κ1) is 29.1. The molecule has 5 heterocycles. The molecule has 0 saturated carbocycles. The predicted molar refractivity (Wildman–Crippen MR) is 158 cm³/mol. The lowest BCUT2D eigenvalue weighted by Crippen LogP contribution is -2.41. The summed E-state index contributed by atoms with van der Waals surface area (Å²) in [7, 11) is 0. The fourth-order valence-electron chi connectivity index (χ4n) is 5.32. The maximum atomic E-state index is 12.4. The van der Waals surface area contributed by atoms with Crippen LogP contribution in [0.1, 0.15) is 70.4 Å². The summed E-state index contributed by atoms with van der Waals surface area (Å²) in [5.41, 5.74) is 1.81. The number of aromatic amines is 1. The number of carbonyl (C=O) groups excluding carboxylic acids is 1. The van der Waals surface area contributed by atoms with Crippen LogP contribution < -0.4 is 10.2 Å². The number of nitrogens with zero attached hydrogens (tertiary/aromatic N) is 6. The Labute approximate surface area is 246 Å². The highest BCUT2D eigenvalue weighted by Gasteiger charge is 2.31. The van der Waals surface area contributed by atoms with Crippen molar-refractivity contribution in [1.29, 1.82) is 0 Å². The molecule has 0 aromatic carbocycles. The van der Waals surface area contributed by atoms with Crippen LogP contribution in [0.2, 0.25) is 5.02 Å². The number of rotatable bonds is 6. The van der Waals surface area contributed by atoms with Gasteiger partial charge in [-0.15, -0.1) is 0 Å². The van der Waals surface area contributed by atoms with Gasteiger partial charge in [0.05, 0.1) is 19.0 Å². The van der Waals surface area contributed by atoms with E-state index in [0.717, 1.165) is 37.1 Å². The standard InChI is InChI=1S/C29H39ClN8O3/c1-18-6-7-25(40-17-18)38(24-8-11-33-36-24)26-22(30)16-32-27(35-26)34-23-14-19(2)21(15-31-23)20-9-12-37(13-10-20)28(39)41-29(3,4)5/h8,11,14-16,18,20,25H,6-7,9-10,12-13,17H2,1-5H3,(H,33,36)(H,31,32,34,35). The van der Waals surface area contributed by atoms with E-state index in [-0.39, 0.29) is 12.3 Å². The number of anilines is 4. The number of halogens is 1. The molecule has 0 spiro atoms. The van der Waals surface area contributed by atoms with Crippen LogP contribution in [0.4, 0.5) is 28.2 Å². The molecule has 12 heteroatoms. The average molecular weight is 583 g/mol. The van der Waals surface area contributed by atoms with E-state index in [1.54, 1.807) is 17.3 Å². The maximum absolute atomic E-state index is 12.4. The Morgan fingerprint density at radius 2 is 1.98 bits per heavy atom. The van der Waals surface area contributed by atoms with Crippen molar-refractivity contribution in [3.05, 3.63) is 46.9 Å². The summed E-state index contributed by atoms with van der Waals surface area (Å²) in [6.45, 7) is 11.9. The molecule has 2 aliphatic rings. The van der Waals surface area contributed by atoms with Gasteiger partial charge in [0, 0.05) is 25.4 Å². The minimum atomic E-state index is -0.494. The molecule has 5 rings (SSSR count). The van der Waals surface area contributed by atoms with Crippen LogP contribution in [0.5, 0.6) is 0 Å². The first-order chi connectivity index (χ1) is 19.6. The summed E-state index contributed by atoms with van der Waals surface area (Å²) in [4.78, 5) is 30.0. The number of H-pyrrole nitrogens is 1. The minimum absolute atomic E-state index is 0.228. The number of amides is 1. The largest absolute Gasteiger partial charge is 0.444 e. The van der Waals surface area contributed by atoms with E-state index in [1.807, 2.05) is 44.0 Å². The van der Waals surface area contributed by atoms with Gasteiger partial charge in [0.2, 0.25) is 5.95 Å². The van der Waals surface area contributed by atoms with Gasteiger partial charge in [-0.05, 0) is 82.4 Å². The number of aryl methyl sites for hydroxylation is 1. The van der Waals surface area contributed by atoms with E-state index in [4.69, 9.17) is 26.1 Å². The molecule has 3 aromatic rings. The maximum Gasteiger partial charge on any atom is 0.410 e. The van der Waals surface area contributed by atoms with Crippen molar-refractivity contribution in [3.63, 3.8) is 0 Å². The smallest absolute Gasteiger partial charge is 0.410 e. The molecule has 1 amide bonds. The number of hydrogen-bond acceptors (Lipinski definition) is 9. The number of hydrogen-bond donors (Lipinski definition) is 2. The lowest BCUT2D eigenvalue weighted by molar-refractivity contribution is -0.00710. The Balaban J connectivity index is 1.29. The van der Waals surface area contributed by atoms with Crippen LogP contribution in [0, 0.1) is 12.8 Å². The molecule has 11 nitrogen and oxygen atoms in total. The van der Waals surface area contributed by atoms with Crippen molar-refractivity contribution in [1.82, 2.24) is 30.0 Å². The zero-order chi connectivity index (χ0) is 29.1. The molecule has 220 valence electrons. The van der Waals surface area contributed by atoms with Crippen LogP contribution in [0.25, 0.3) is 0 Å². The van der Waals surface area contributed by atoms with Crippen LogP contribution in [0.3, 0.4) is 0 Å². The number of piperidine rings is 1. The third-order valence-electron chi connectivity index (χ3n) is 7.44. The molecule has 2 saturated heterocycles. The van der Waals surface area contributed by atoms with Crippen molar-refractivity contribution in [2.75, 3.05) is 29.9 Å². The molecule has 0 bridgehead atoms. The summed E-state index contributed by atoms with van der Waals surface area (Å²) in [6.07, 6.45) is 8.32. The predicted octanol–water partition coefficient (Wildman–Crippen LogP) is 6.33. The molecule has 0 aliphatic carbocycles. The van der Waals surface area contributed by atoms with Crippen LogP contribution >= 0.6 is 11.6 Å². The number of likely N-dealkylation sites (tertiary alicyclic amines) is 1. The van der Waals surface area contributed by atoms with E-state index in [1.165, 1.54) is 5.56 Å². The highest BCUT2D eigenvalue weighted by Crippen LogP contribution is 2.36. The zero-order valence-corrected chi connectivity index (χ0v) is 25.1. The summed E-state index contributed by atoms with van der Waals surface area (Å²) >= 11 is 6.62. The third-order valence-corrected chi connectivity index (χ3v) is 7.71. The lowest BCUT2D eigenvalue weighted by Gasteiger charge is -2.36. The van der Waals surface area contributed by atoms with E-state index in [9.17, 15) is 4.79 Å². The van der Waals surface area contributed by atoms with Gasteiger partial charge in [0.25, 0.3) is 0 Å². The SMILES string of the molecule is Cc1cc(Nc2ncc(Cl)c(N(c3ccn[nH]3)C3CCC(C)CO3)n2)ncc1C1CCN(C(=O)OC(C)(C)C)CC1. The number of nitrogens with one attached hydrogen (secondary N) is 2. The molecular weight excluding hydrogens is 544 g/mol. The average Bonchev–Trinajstić information content (AvgIpc) is 3.45. The van der Waals surface area contributed by atoms with Gasteiger partial charge in [0.1, 0.15) is 28.5 Å². The number of aromatic nitrogens is 5. The van der Waals surface area contributed by atoms with E-state index < -0.39 is 5.60 Å². The van der Waals surface area contributed by atoms with Crippen LogP contribution in [0.15, 0.2) is 30.7 Å². The van der Waals surface area contributed by atoms with Crippen molar-refractivity contribution < 1.29 is 14.3 Å². The summed E-state index contributed by atoms with van der Waals surface area (Å²) in [5.74, 6) is 3.12. The molecule has 2 N–H and O–H groups in total. The van der Waals surface area contributed by atoms with E-state index in [2.05, 4.69) is 39.3 Å². The van der Waals surface area contributed by atoms with Crippen molar-refractivity contribution in [2.45, 2.75) is 78.0 Å². The number of ether oxygens (including phenoxy) is 2. The van der Waals surface area contributed by atoms with Gasteiger partial charge >= 0.3 is 6.09 Å². The van der Waals surface area contributed by atoms with E-state index >= 15 is 0 Å². The Morgan fingerprint density at radius 1 is 1.20 bits per heavy atom. The second kappa shape index (κ2) is 12.2. The molecule has 2 fully saturated rings. The lowest BCUT2D eigenvalue weighted by atomic mass is 9.88. The summed E-state index contributed by atoms with van der Waals surface area (Å²) < 4.78 is 11.7. The quantitative estimate of drug-likeness (QED) is 0.343. The fourth-order valence-corrected chi connectivity index (χ4v) is 5.51.